The van der Waals surface area contributed by atoms with Crippen LogP contribution in [0.2, 0.25) is 0 Å². The number of methoxy groups -OCH3 is 1. The summed E-state index contributed by atoms with van der Waals surface area (Å²) in [5.41, 5.74) is -0.874. The highest BCUT2D eigenvalue weighted by Crippen LogP contribution is 2.49. The van der Waals surface area contributed by atoms with Crippen LogP contribution in [0.5, 0.6) is 0 Å². The van der Waals surface area contributed by atoms with Crippen LogP contribution in [0.25, 0.3) is 0 Å². The molecule has 3 aliphatic rings. The minimum Gasteiger partial charge on any atom is -0.385 e. The molecule has 0 unspecified atom stereocenters. The number of ether oxygens (including phenoxy) is 1. The van der Waals surface area contributed by atoms with E-state index in [0.717, 1.165) is 44.8 Å². The second kappa shape index (κ2) is 7.43. The zero-order valence-corrected chi connectivity index (χ0v) is 18.2. The number of alkyl halides is 3. The van der Waals surface area contributed by atoms with Crippen LogP contribution >= 0.6 is 0 Å². The number of pyridine rings is 1. The molecule has 10 heteroatoms. The normalized spacial score (nSPS) is 23.6. The van der Waals surface area contributed by atoms with E-state index in [2.05, 4.69) is 9.88 Å². The Morgan fingerprint density at radius 3 is 2.33 bits per heavy atom. The van der Waals surface area contributed by atoms with Crippen molar-refractivity contribution in [3.05, 3.63) is 23.5 Å². The van der Waals surface area contributed by atoms with E-state index in [4.69, 9.17) is 4.74 Å². The van der Waals surface area contributed by atoms with Crippen molar-refractivity contribution in [3.63, 3.8) is 0 Å². The fourth-order valence-electron chi connectivity index (χ4n) is 5.16. The highest BCUT2D eigenvalue weighted by Gasteiger charge is 2.56. The molecule has 6 nitrogen and oxygen atoms in total. The monoisotopic (exact) mass is 447 g/mol. The van der Waals surface area contributed by atoms with Crippen molar-refractivity contribution in [2.24, 2.45) is 10.8 Å². The van der Waals surface area contributed by atoms with E-state index in [1.165, 1.54) is 30.5 Å². The van der Waals surface area contributed by atoms with Crippen LogP contribution < -0.4 is 0 Å². The molecular formula is C20H28F3N3O3S. The van der Waals surface area contributed by atoms with Gasteiger partial charge >= 0.3 is 6.18 Å². The van der Waals surface area contributed by atoms with Gasteiger partial charge in [-0.3, -0.25) is 0 Å². The van der Waals surface area contributed by atoms with Crippen LogP contribution in [0.15, 0.2) is 17.0 Å². The minimum atomic E-state index is -4.59. The third-order valence-corrected chi connectivity index (χ3v) is 8.82. The number of hydrogen-bond acceptors (Lipinski definition) is 5. The highest BCUT2D eigenvalue weighted by molar-refractivity contribution is 7.89. The van der Waals surface area contributed by atoms with Crippen molar-refractivity contribution >= 4 is 10.0 Å². The number of rotatable bonds is 7. The zero-order valence-electron chi connectivity index (χ0n) is 17.3. The summed E-state index contributed by atoms with van der Waals surface area (Å²) in [5.74, 6) is 0. The Hall–Kier alpha value is -1.23. The zero-order chi connectivity index (χ0) is 21.8. The third kappa shape index (κ3) is 3.87. The molecule has 2 saturated heterocycles. The topological polar surface area (TPSA) is 62.7 Å². The molecule has 168 valence electrons. The van der Waals surface area contributed by atoms with Crippen LogP contribution in [-0.4, -0.2) is 69.0 Å². The SMILES string of the molecule is COCCC1(CN2CC3(C2)CN(S(=O)(=O)c2ccc(C(F)(F)F)nc2C)C3)CCC1. The van der Waals surface area contributed by atoms with Crippen LogP contribution in [0.3, 0.4) is 0 Å². The van der Waals surface area contributed by atoms with Gasteiger partial charge in [-0.1, -0.05) is 6.42 Å². The molecule has 0 atom stereocenters. The Bertz CT molecular complexity index is 902. The summed E-state index contributed by atoms with van der Waals surface area (Å²) < 4.78 is 70.8. The maximum atomic E-state index is 12.9. The maximum Gasteiger partial charge on any atom is 0.433 e. The number of likely N-dealkylation sites (tertiary alicyclic amines) is 1. The second-order valence-corrected chi connectivity index (χ2v) is 11.2. The summed E-state index contributed by atoms with van der Waals surface area (Å²) in [6.07, 6.45) is 0.175. The lowest BCUT2D eigenvalue weighted by Gasteiger charge is -2.61. The van der Waals surface area contributed by atoms with Gasteiger partial charge < -0.3 is 9.64 Å². The molecule has 1 saturated carbocycles. The van der Waals surface area contributed by atoms with Crippen molar-refractivity contribution in [1.82, 2.24) is 14.2 Å². The Balaban J connectivity index is 1.34. The average molecular weight is 448 g/mol. The lowest BCUT2D eigenvalue weighted by Crippen LogP contribution is -2.73. The molecule has 0 N–H and O–H groups in total. The summed E-state index contributed by atoms with van der Waals surface area (Å²) in [4.78, 5) is 5.73. The predicted molar refractivity (Wildman–Crippen MR) is 104 cm³/mol. The van der Waals surface area contributed by atoms with Crippen molar-refractivity contribution in [1.29, 1.82) is 0 Å². The molecule has 0 bridgehead atoms. The summed E-state index contributed by atoms with van der Waals surface area (Å²) in [6, 6.07) is 1.76. The molecule has 3 heterocycles. The first kappa shape index (κ1) is 22.0. The van der Waals surface area contributed by atoms with E-state index in [-0.39, 0.29) is 16.0 Å². The molecule has 0 radical (unpaired) electrons. The summed E-state index contributed by atoms with van der Waals surface area (Å²) in [6.45, 7) is 5.68. The largest absolute Gasteiger partial charge is 0.433 e. The fraction of sp³-hybridized carbons (Fsp3) is 0.750. The van der Waals surface area contributed by atoms with Gasteiger partial charge in [0.2, 0.25) is 10.0 Å². The maximum absolute atomic E-state index is 12.9. The second-order valence-electron chi connectivity index (χ2n) is 9.29. The van der Waals surface area contributed by atoms with Crippen molar-refractivity contribution in [2.45, 2.75) is 43.7 Å². The molecule has 0 amide bonds. The molecule has 4 rings (SSSR count). The molecule has 1 aromatic rings. The van der Waals surface area contributed by atoms with E-state index < -0.39 is 21.9 Å². The lowest BCUT2D eigenvalue weighted by atomic mass is 9.64. The Labute approximate surface area is 175 Å². The Morgan fingerprint density at radius 2 is 1.83 bits per heavy atom. The number of aromatic nitrogens is 1. The first-order valence-electron chi connectivity index (χ1n) is 10.3. The van der Waals surface area contributed by atoms with Gasteiger partial charge in [-0.05, 0) is 43.7 Å². The van der Waals surface area contributed by atoms with Crippen LogP contribution in [0.1, 0.15) is 37.1 Å². The summed E-state index contributed by atoms with van der Waals surface area (Å²) >= 11 is 0. The predicted octanol–water partition coefficient (Wildman–Crippen LogP) is 2.92. The first-order chi connectivity index (χ1) is 14.0. The summed E-state index contributed by atoms with van der Waals surface area (Å²) in [7, 11) is -2.11. The third-order valence-electron chi connectivity index (χ3n) is 6.90. The fourth-order valence-corrected chi connectivity index (χ4v) is 6.99. The highest BCUT2D eigenvalue weighted by atomic mass is 32.2. The van der Waals surface area contributed by atoms with Gasteiger partial charge in [-0.2, -0.15) is 17.5 Å². The van der Waals surface area contributed by atoms with Crippen molar-refractivity contribution in [3.8, 4) is 0 Å². The summed E-state index contributed by atoms with van der Waals surface area (Å²) in [5, 5.41) is 0. The molecular weight excluding hydrogens is 419 g/mol. The number of sulfonamides is 1. The van der Waals surface area contributed by atoms with Gasteiger partial charge in [0.1, 0.15) is 10.6 Å². The van der Waals surface area contributed by atoms with Gasteiger partial charge in [0.15, 0.2) is 0 Å². The number of hydrogen-bond donors (Lipinski definition) is 0. The van der Waals surface area contributed by atoms with Crippen molar-refractivity contribution in [2.75, 3.05) is 46.4 Å². The van der Waals surface area contributed by atoms with Crippen LogP contribution in [-0.2, 0) is 20.9 Å². The molecule has 3 fully saturated rings. The average Bonchev–Trinajstić information content (AvgIpc) is 2.55. The quantitative estimate of drug-likeness (QED) is 0.643. The molecule has 1 aliphatic carbocycles. The number of aryl methyl sites for hydroxylation is 1. The van der Waals surface area contributed by atoms with Crippen LogP contribution in [0.4, 0.5) is 13.2 Å². The van der Waals surface area contributed by atoms with E-state index in [9.17, 15) is 21.6 Å². The van der Waals surface area contributed by atoms with E-state index in [1.807, 2.05) is 0 Å². The number of nitrogens with zero attached hydrogens (tertiary/aromatic N) is 3. The standard InChI is InChI=1S/C20H28F3N3O3S/c1-15-16(4-5-17(24-15)20(21,22)23)30(27,28)26-13-19(14-26)11-25(12-19)10-18(6-3-7-18)8-9-29-2/h4-5H,3,6-14H2,1-2H3. The van der Waals surface area contributed by atoms with E-state index in [1.54, 1.807) is 7.11 Å². The smallest absolute Gasteiger partial charge is 0.385 e. The lowest BCUT2D eigenvalue weighted by molar-refractivity contribution is -0.141. The Kier molecular flexibility index (Phi) is 5.44. The first-order valence-corrected chi connectivity index (χ1v) is 11.7. The number of halogens is 3. The van der Waals surface area contributed by atoms with Gasteiger partial charge in [0.05, 0.1) is 5.69 Å². The molecule has 30 heavy (non-hydrogen) atoms. The van der Waals surface area contributed by atoms with Gasteiger partial charge in [0, 0.05) is 51.9 Å². The van der Waals surface area contributed by atoms with Gasteiger partial charge in [-0.25, -0.2) is 13.4 Å². The van der Waals surface area contributed by atoms with E-state index in [0.29, 0.717) is 18.5 Å². The van der Waals surface area contributed by atoms with Crippen LogP contribution in [0, 0.1) is 17.8 Å². The van der Waals surface area contributed by atoms with E-state index >= 15 is 0 Å². The van der Waals surface area contributed by atoms with Gasteiger partial charge in [-0.15, -0.1) is 0 Å². The minimum absolute atomic E-state index is 0.0213. The Morgan fingerprint density at radius 1 is 1.17 bits per heavy atom. The molecule has 1 spiro atoms. The molecule has 1 aromatic heterocycles. The van der Waals surface area contributed by atoms with Gasteiger partial charge in [0.25, 0.3) is 0 Å². The molecule has 0 aromatic carbocycles. The van der Waals surface area contributed by atoms with Crippen molar-refractivity contribution < 1.29 is 26.3 Å². The molecule has 2 aliphatic heterocycles.